The zero-order valence-electron chi connectivity index (χ0n) is 16.5. The van der Waals surface area contributed by atoms with Crippen molar-refractivity contribution in [1.29, 1.82) is 0 Å². The van der Waals surface area contributed by atoms with Crippen LogP contribution >= 0.6 is 0 Å². The van der Waals surface area contributed by atoms with E-state index < -0.39 is 0 Å². The maximum Gasteiger partial charge on any atom is 0.191 e. The first-order valence-corrected chi connectivity index (χ1v) is 9.43. The molecule has 0 aliphatic heterocycles. The highest BCUT2D eigenvalue weighted by molar-refractivity contribution is 5.80. The molecule has 7 heteroatoms. The Kier molecular flexibility index (Phi) is 5.64. The van der Waals surface area contributed by atoms with Crippen molar-refractivity contribution in [1.82, 2.24) is 25.6 Å². The van der Waals surface area contributed by atoms with Gasteiger partial charge >= 0.3 is 0 Å². The normalized spacial score (nSPS) is 17.5. The third-order valence-corrected chi connectivity index (χ3v) is 5.04. The number of nitrogens with one attached hydrogen (secondary N) is 2. The molecule has 7 nitrogen and oxygen atoms in total. The monoisotopic (exact) mass is 358 g/mol. The number of hydrogen-bond donors (Lipinski definition) is 2. The topological polar surface area (TPSA) is 80.3 Å². The number of aromatic nitrogens is 3. The Morgan fingerprint density at radius 3 is 2.88 bits per heavy atom. The standard InChI is InChI=1S/C19H30N6O/c1-12(2)25-11-15-6-7-16(10-18(15)23-25)22-19(20-5)21-9-8-17-13(3)24-26-14(17)4/h11-12,16H,6-10H2,1-5H3,(H2,20,21,22). The molecule has 1 atom stereocenters. The lowest BCUT2D eigenvalue weighted by molar-refractivity contribution is 0.392. The zero-order chi connectivity index (χ0) is 18.7. The van der Waals surface area contributed by atoms with E-state index in [-0.39, 0.29) is 0 Å². The number of fused-ring (bicyclic) bond motifs is 1. The molecule has 142 valence electrons. The molecule has 0 saturated heterocycles. The highest BCUT2D eigenvalue weighted by Gasteiger charge is 2.23. The zero-order valence-corrected chi connectivity index (χ0v) is 16.5. The molecule has 2 heterocycles. The summed E-state index contributed by atoms with van der Waals surface area (Å²) in [7, 11) is 1.81. The van der Waals surface area contributed by atoms with Gasteiger partial charge in [-0.3, -0.25) is 9.67 Å². The van der Waals surface area contributed by atoms with Gasteiger partial charge in [0.05, 0.1) is 11.4 Å². The SMILES string of the molecule is CN=C(NCCc1c(C)noc1C)NC1CCc2cn(C(C)C)nc2C1. The Bertz CT molecular complexity index is 754. The Labute approximate surface area is 155 Å². The van der Waals surface area contributed by atoms with Crippen LogP contribution in [0.25, 0.3) is 0 Å². The molecule has 0 spiro atoms. The fourth-order valence-electron chi connectivity index (χ4n) is 3.45. The molecule has 1 unspecified atom stereocenters. The molecular formula is C19H30N6O. The number of aryl methyl sites for hydroxylation is 3. The maximum absolute atomic E-state index is 5.22. The molecule has 0 fully saturated rings. The molecule has 0 radical (unpaired) electrons. The summed E-state index contributed by atoms with van der Waals surface area (Å²) in [5.74, 6) is 1.74. The number of guanidine groups is 1. The van der Waals surface area contributed by atoms with Gasteiger partial charge in [0.2, 0.25) is 0 Å². The van der Waals surface area contributed by atoms with Gasteiger partial charge in [-0.1, -0.05) is 5.16 Å². The second-order valence-electron chi connectivity index (χ2n) is 7.31. The molecule has 1 aliphatic carbocycles. The quantitative estimate of drug-likeness (QED) is 0.633. The first-order valence-electron chi connectivity index (χ1n) is 9.43. The minimum atomic E-state index is 0.364. The molecule has 2 aromatic heterocycles. The summed E-state index contributed by atoms with van der Waals surface area (Å²) in [5.41, 5.74) is 4.74. The van der Waals surface area contributed by atoms with Crippen LogP contribution in [0, 0.1) is 13.8 Å². The summed E-state index contributed by atoms with van der Waals surface area (Å²) in [5, 5.41) is 15.7. The highest BCUT2D eigenvalue weighted by Crippen LogP contribution is 2.21. The maximum atomic E-state index is 5.22. The Hall–Kier alpha value is -2.31. The van der Waals surface area contributed by atoms with Gasteiger partial charge in [0, 0.05) is 43.9 Å². The highest BCUT2D eigenvalue weighted by atomic mass is 16.5. The van der Waals surface area contributed by atoms with Crippen LogP contribution in [-0.2, 0) is 19.3 Å². The lowest BCUT2D eigenvalue weighted by atomic mass is 9.94. The lowest BCUT2D eigenvalue weighted by Gasteiger charge is -2.24. The van der Waals surface area contributed by atoms with Gasteiger partial charge in [-0.15, -0.1) is 0 Å². The average molecular weight is 358 g/mol. The molecule has 3 rings (SSSR count). The van der Waals surface area contributed by atoms with Crippen molar-refractivity contribution in [3.63, 3.8) is 0 Å². The molecule has 1 aliphatic rings. The van der Waals surface area contributed by atoms with Crippen molar-refractivity contribution < 1.29 is 4.52 Å². The summed E-state index contributed by atoms with van der Waals surface area (Å²) in [6.45, 7) is 9.06. The number of hydrogen-bond acceptors (Lipinski definition) is 4. The summed E-state index contributed by atoms with van der Waals surface area (Å²) >= 11 is 0. The van der Waals surface area contributed by atoms with Gasteiger partial charge in [-0.2, -0.15) is 5.10 Å². The van der Waals surface area contributed by atoms with E-state index in [1.54, 1.807) is 0 Å². The smallest absolute Gasteiger partial charge is 0.191 e. The van der Waals surface area contributed by atoms with Crippen molar-refractivity contribution in [3.05, 3.63) is 34.5 Å². The van der Waals surface area contributed by atoms with E-state index in [0.717, 1.165) is 49.6 Å². The van der Waals surface area contributed by atoms with Crippen molar-refractivity contribution in [2.24, 2.45) is 4.99 Å². The molecule has 2 aromatic rings. The summed E-state index contributed by atoms with van der Waals surface area (Å²) < 4.78 is 7.29. The molecular weight excluding hydrogens is 328 g/mol. The lowest BCUT2D eigenvalue weighted by Crippen LogP contribution is -2.46. The predicted molar refractivity (Wildman–Crippen MR) is 103 cm³/mol. The molecule has 0 amide bonds. The number of aliphatic imine (C=N–C) groups is 1. The van der Waals surface area contributed by atoms with Crippen LogP contribution < -0.4 is 10.6 Å². The third-order valence-electron chi connectivity index (χ3n) is 5.04. The average Bonchev–Trinajstić information content (AvgIpc) is 3.18. The predicted octanol–water partition coefficient (Wildman–Crippen LogP) is 2.33. The first-order chi connectivity index (χ1) is 12.5. The van der Waals surface area contributed by atoms with Crippen LogP contribution in [0.4, 0.5) is 0 Å². The second-order valence-corrected chi connectivity index (χ2v) is 7.31. The first kappa shape index (κ1) is 18.5. The summed E-state index contributed by atoms with van der Waals surface area (Å²) in [6.07, 6.45) is 6.18. The van der Waals surface area contributed by atoms with Crippen LogP contribution in [0.5, 0.6) is 0 Å². The number of nitrogens with zero attached hydrogens (tertiary/aromatic N) is 4. The van der Waals surface area contributed by atoms with Crippen LogP contribution in [0.3, 0.4) is 0 Å². The Morgan fingerprint density at radius 1 is 1.42 bits per heavy atom. The largest absolute Gasteiger partial charge is 0.361 e. The van der Waals surface area contributed by atoms with E-state index in [1.165, 1.54) is 16.8 Å². The Morgan fingerprint density at radius 2 is 2.23 bits per heavy atom. The minimum Gasteiger partial charge on any atom is -0.361 e. The van der Waals surface area contributed by atoms with Crippen LogP contribution in [0.1, 0.15) is 54.6 Å². The summed E-state index contributed by atoms with van der Waals surface area (Å²) in [4.78, 5) is 4.36. The van der Waals surface area contributed by atoms with Crippen LogP contribution in [0.2, 0.25) is 0 Å². The van der Waals surface area contributed by atoms with E-state index in [1.807, 2.05) is 20.9 Å². The summed E-state index contributed by atoms with van der Waals surface area (Å²) in [6, 6.07) is 0.772. The van der Waals surface area contributed by atoms with E-state index in [9.17, 15) is 0 Å². The van der Waals surface area contributed by atoms with Gasteiger partial charge in [0.15, 0.2) is 5.96 Å². The van der Waals surface area contributed by atoms with Gasteiger partial charge in [0.1, 0.15) is 5.76 Å². The molecule has 26 heavy (non-hydrogen) atoms. The van der Waals surface area contributed by atoms with E-state index >= 15 is 0 Å². The fraction of sp³-hybridized carbons (Fsp3) is 0.632. The fourth-order valence-corrected chi connectivity index (χ4v) is 3.45. The van der Waals surface area contributed by atoms with Crippen LogP contribution in [-0.4, -0.2) is 40.5 Å². The van der Waals surface area contributed by atoms with E-state index in [2.05, 4.69) is 45.5 Å². The second kappa shape index (κ2) is 7.93. The van der Waals surface area contributed by atoms with E-state index in [4.69, 9.17) is 9.62 Å². The van der Waals surface area contributed by atoms with Gasteiger partial charge in [0.25, 0.3) is 0 Å². The molecule has 0 bridgehead atoms. The van der Waals surface area contributed by atoms with E-state index in [0.29, 0.717) is 12.1 Å². The van der Waals surface area contributed by atoms with Crippen LogP contribution in [0.15, 0.2) is 15.7 Å². The van der Waals surface area contributed by atoms with Gasteiger partial charge in [-0.05, 0) is 52.5 Å². The van der Waals surface area contributed by atoms with Crippen molar-refractivity contribution >= 4 is 5.96 Å². The molecule has 0 aromatic carbocycles. The van der Waals surface area contributed by atoms with Crippen molar-refractivity contribution in [2.75, 3.05) is 13.6 Å². The van der Waals surface area contributed by atoms with Gasteiger partial charge < -0.3 is 15.2 Å². The van der Waals surface area contributed by atoms with Crippen molar-refractivity contribution in [3.8, 4) is 0 Å². The molecule has 2 N–H and O–H groups in total. The Balaban J connectivity index is 1.52. The van der Waals surface area contributed by atoms with Crippen molar-refractivity contribution in [2.45, 2.75) is 65.5 Å². The minimum absolute atomic E-state index is 0.364. The molecule has 0 saturated carbocycles. The third kappa shape index (κ3) is 4.08. The van der Waals surface area contributed by atoms with Gasteiger partial charge in [-0.25, -0.2) is 0 Å². The number of rotatable bonds is 5.